The van der Waals surface area contributed by atoms with Crippen molar-refractivity contribution in [3.05, 3.63) is 83.1 Å². The summed E-state index contributed by atoms with van der Waals surface area (Å²) in [4.78, 5) is 4.20. The average molecular weight is 322 g/mol. The molecule has 0 fully saturated rings. The van der Waals surface area contributed by atoms with Crippen LogP contribution >= 0.6 is 11.6 Å². The Kier molecular flexibility index (Phi) is 3.76. The Balaban J connectivity index is 1.68. The monoisotopic (exact) mass is 321 g/mol. The van der Waals surface area contributed by atoms with E-state index in [1.54, 1.807) is 0 Å². The lowest BCUT2D eigenvalue weighted by molar-refractivity contribution is 0.207. The molecule has 0 aliphatic heterocycles. The van der Waals surface area contributed by atoms with Gasteiger partial charge in [-0.25, -0.2) is 4.98 Å². The summed E-state index contributed by atoms with van der Waals surface area (Å²) in [6, 6.07) is 20.3. The molecule has 0 saturated heterocycles. The maximum absolute atomic E-state index is 6.18. The highest BCUT2D eigenvalue weighted by atomic mass is 35.5. The van der Waals surface area contributed by atoms with Gasteiger partial charge in [0.2, 0.25) is 0 Å². The summed E-state index contributed by atoms with van der Waals surface area (Å²) < 4.78 is 6.18. The Labute approximate surface area is 140 Å². The van der Waals surface area contributed by atoms with Gasteiger partial charge in [-0.05, 0) is 53.8 Å². The van der Waals surface area contributed by atoms with Crippen molar-refractivity contribution in [2.75, 3.05) is 0 Å². The van der Waals surface area contributed by atoms with Crippen LogP contribution in [0.5, 0.6) is 5.75 Å². The number of fused-ring (bicyclic) bond motifs is 1. The molecule has 0 bridgehead atoms. The largest absolute Gasteiger partial charge is 0.486 e. The number of rotatable bonds is 3. The maximum atomic E-state index is 6.18. The summed E-state index contributed by atoms with van der Waals surface area (Å²) in [6.07, 6.45) is 3.98. The first-order valence-electron chi connectivity index (χ1n) is 7.77. The van der Waals surface area contributed by atoms with Crippen molar-refractivity contribution in [2.45, 2.75) is 18.9 Å². The van der Waals surface area contributed by atoms with Gasteiger partial charge in [-0.1, -0.05) is 48.0 Å². The summed E-state index contributed by atoms with van der Waals surface area (Å²) in [7, 11) is 0. The smallest absolute Gasteiger partial charge is 0.129 e. The van der Waals surface area contributed by atoms with E-state index in [1.165, 1.54) is 16.7 Å². The van der Waals surface area contributed by atoms with Gasteiger partial charge >= 0.3 is 0 Å². The molecule has 0 saturated carbocycles. The molecule has 0 spiro atoms. The van der Waals surface area contributed by atoms with Gasteiger partial charge in [0.15, 0.2) is 0 Å². The second-order valence-corrected chi connectivity index (χ2v) is 6.09. The highest BCUT2D eigenvalue weighted by Gasteiger charge is 2.26. The van der Waals surface area contributed by atoms with Crippen LogP contribution in [0, 0.1) is 0 Å². The predicted octanol–water partition coefficient (Wildman–Crippen LogP) is 5.47. The minimum absolute atomic E-state index is 0.118. The Bertz CT molecular complexity index is 815. The van der Waals surface area contributed by atoms with Crippen LogP contribution < -0.4 is 4.74 Å². The van der Waals surface area contributed by atoms with Crippen LogP contribution in [-0.2, 0) is 6.42 Å². The first-order chi connectivity index (χ1) is 11.3. The fourth-order valence-electron chi connectivity index (χ4n) is 3.21. The number of nitrogens with zero attached hydrogens (tertiary/aromatic N) is 1. The first-order valence-corrected chi connectivity index (χ1v) is 8.14. The van der Waals surface area contributed by atoms with Crippen molar-refractivity contribution < 1.29 is 4.74 Å². The van der Waals surface area contributed by atoms with Crippen molar-refractivity contribution in [2.24, 2.45) is 0 Å². The summed E-state index contributed by atoms with van der Waals surface area (Å²) in [5.74, 6) is 0.920. The predicted molar refractivity (Wildman–Crippen MR) is 92.8 cm³/mol. The molecule has 1 aromatic heterocycles. The normalized spacial score (nSPS) is 16.1. The third kappa shape index (κ3) is 2.82. The Morgan fingerprint density at radius 1 is 0.957 bits per heavy atom. The van der Waals surface area contributed by atoms with Crippen LogP contribution in [0.25, 0.3) is 11.1 Å². The second kappa shape index (κ2) is 6.05. The summed E-state index contributed by atoms with van der Waals surface area (Å²) in [5, 5.41) is 0.520. The molecule has 2 aromatic carbocycles. The number of benzene rings is 2. The quantitative estimate of drug-likeness (QED) is 0.597. The Hall–Kier alpha value is -2.32. The molecule has 1 heterocycles. The van der Waals surface area contributed by atoms with Crippen LogP contribution in [0.15, 0.2) is 66.9 Å². The van der Waals surface area contributed by atoms with E-state index in [4.69, 9.17) is 16.3 Å². The van der Waals surface area contributed by atoms with E-state index < -0.39 is 0 Å². The molecule has 0 unspecified atom stereocenters. The topological polar surface area (TPSA) is 22.1 Å². The van der Waals surface area contributed by atoms with Gasteiger partial charge < -0.3 is 4.74 Å². The Morgan fingerprint density at radius 2 is 1.83 bits per heavy atom. The zero-order valence-electron chi connectivity index (χ0n) is 12.6. The standard InChI is InChI=1S/C20H16ClNO/c21-20-12-9-14(13-22-20)16-7-4-8-18-17(16)10-11-19(18)23-15-5-2-1-3-6-15/h1-9,12-13,19H,10-11H2/t19-/m1/s1. The van der Waals surface area contributed by atoms with Crippen molar-refractivity contribution in [1.82, 2.24) is 4.98 Å². The van der Waals surface area contributed by atoms with Crippen molar-refractivity contribution in [3.63, 3.8) is 0 Å². The Morgan fingerprint density at radius 3 is 2.61 bits per heavy atom. The van der Waals surface area contributed by atoms with Gasteiger partial charge in [0.1, 0.15) is 17.0 Å². The maximum Gasteiger partial charge on any atom is 0.129 e. The van der Waals surface area contributed by atoms with Gasteiger partial charge in [-0.2, -0.15) is 0 Å². The molecular weight excluding hydrogens is 306 g/mol. The number of hydrogen-bond donors (Lipinski definition) is 0. The lowest BCUT2D eigenvalue weighted by atomic mass is 9.98. The van der Waals surface area contributed by atoms with E-state index in [9.17, 15) is 0 Å². The number of aromatic nitrogens is 1. The molecule has 114 valence electrons. The fourth-order valence-corrected chi connectivity index (χ4v) is 3.32. The third-order valence-corrected chi connectivity index (χ3v) is 4.50. The summed E-state index contributed by atoms with van der Waals surface area (Å²) >= 11 is 5.90. The van der Waals surface area contributed by atoms with Crippen LogP contribution in [0.1, 0.15) is 23.7 Å². The van der Waals surface area contributed by atoms with Gasteiger partial charge in [0.25, 0.3) is 0 Å². The average Bonchev–Trinajstić information content (AvgIpc) is 3.00. The third-order valence-electron chi connectivity index (χ3n) is 4.28. The molecule has 0 N–H and O–H groups in total. The van der Waals surface area contributed by atoms with Gasteiger partial charge in [0, 0.05) is 11.8 Å². The van der Waals surface area contributed by atoms with Crippen LogP contribution in [-0.4, -0.2) is 4.98 Å². The lowest BCUT2D eigenvalue weighted by Crippen LogP contribution is -2.03. The minimum atomic E-state index is 0.118. The molecular formula is C20H16ClNO. The molecule has 0 radical (unpaired) electrons. The van der Waals surface area contributed by atoms with E-state index in [-0.39, 0.29) is 6.10 Å². The number of para-hydroxylation sites is 1. The lowest BCUT2D eigenvalue weighted by Gasteiger charge is -2.15. The zero-order valence-corrected chi connectivity index (χ0v) is 13.3. The molecule has 4 rings (SSSR count). The summed E-state index contributed by atoms with van der Waals surface area (Å²) in [6.45, 7) is 0. The van der Waals surface area contributed by atoms with Gasteiger partial charge in [-0.15, -0.1) is 0 Å². The van der Waals surface area contributed by atoms with Crippen molar-refractivity contribution in [1.29, 1.82) is 0 Å². The number of hydrogen-bond acceptors (Lipinski definition) is 2. The van der Waals surface area contributed by atoms with Crippen LogP contribution in [0.3, 0.4) is 0 Å². The highest BCUT2D eigenvalue weighted by molar-refractivity contribution is 6.29. The zero-order chi connectivity index (χ0) is 15.6. The summed E-state index contributed by atoms with van der Waals surface area (Å²) in [5.41, 5.74) is 4.97. The van der Waals surface area contributed by atoms with E-state index in [2.05, 4.69) is 23.2 Å². The van der Waals surface area contributed by atoms with Crippen LogP contribution in [0.4, 0.5) is 0 Å². The van der Waals surface area contributed by atoms with Crippen LogP contribution in [0.2, 0.25) is 5.15 Å². The van der Waals surface area contributed by atoms with E-state index in [0.29, 0.717) is 5.15 Å². The number of halogens is 1. The second-order valence-electron chi connectivity index (χ2n) is 5.70. The van der Waals surface area contributed by atoms with Crippen molar-refractivity contribution >= 4 is 11.6 Å². The molecule has 2 nitrogen and oxygen atoms in total. The van der Waals surface area contributed by atoms with Crippen molar-refractivity contribution in [3.8, 4) is 16.9 Å². The van der Waals surface area contributed by atoms with E-state index in [1.807, 2.05) is 48.7 Å². The molecule has 3 heteroatoms. The SMILES string of the molecule is Clc1ccc(-c2cccc3c2CC[C@H]3Oc2ccccc2)cn1. The molecule has 23 heavy (non-hydrogen) atoms. The first kappa shape index (κ1) is 14.3. The van der Waals surface area contributed by atoms with E-state index in [0.717, 1.165) is 24.2 Å². The molecule has 1 aliphatic carbocycles. The number of pyridine rings is 1. The van der Waals surface area contributed by atoms with Gasteiger partial charge in [-0.3, -0.25) is 0 Å². The fraction of sp³-hybridized carbons (Fsp3) is 0.150. The van der Waals surface area contributed by atoms with E-state index >= 15 is 0 Å². The molecule has 1 aliphatic rings. The molecule has 3 aromatic rings. The minimum Gasteiger partial charge on any atom is -0.486 e. The number of ether oxygens (including phenoxy) is 1. The van der Waals surface area contributed by atoms with Gasteiger partial charge in [0.05, 0.1) is 0 Å². The molecule has 0 amide bonds. The highest BCUT2D eigenvalue weighted by Crippen LogP contribution is 2.39. The molecule has 1 atom stereocenters.